The Bertz CT molecular complexity index is 226. The Morgan fingerprint density at radius 1 is 1.24 bits per heavy atom. The molecule has 0 aliphatic heterocycles. The lowest BCUT2D eigenvalue weighted by Crippen LogP contribution is -2.40. The van der Waals surface area contributed by atoms with Crippen molar-refractivity contribution in [2.45, 2.75) is 46.5 Å². The van der Waals surface area contributed by atoms with Gasteiger partial charge in [0.15, 0.2) is 0 Å². The van der Waals surface area contributed by atoms with Gasteiger partial charge in [-0.05, 0) is 38.6 Å². The highest BCUT2D eigenvalue weighted by atomic mass is 16.2. The second kappa shape index (κ2) is 7.70. The molecule has 1 saturated carbocycles. The van der Waals surface area contributed by atoms with Crippen LogP contribution < -0.4 is 5.32 Å². The molecule has 0 radical (unpaired) electrons. The molecule has 1 aliphatic carbocycles. The quantitative estimate of drug-likeness (QED) is 0.772. The SMILES string of the molecule is CCN(CC)C(=O)CNCC1CCCCC1C. The zero-order chi connectivity index (χ0) is 12.7. The molecular formula is C14H28N2O. The fourth-order valence-corrected chi connectivity index (χ4v) is 2.75. The molecule has 17 heavy (non-hydrogen) atoms. The van der Waals surface area contributed by atoms with Gasteiger partial charge < -0.3 is 10.2 Å². The van der Waals surface area contributed by atoms with Gasteiger partial charge in [-0.2, -0.15) is 0 Å². The highest BCUT2D eigenvalue weighted by molar-refractivity contribution is 5.78. The molecule has 0 heterocycles. The van der Waals surface area contributed by atoms with Crippen LogP contribution >= 0.6 is 0 Å². The molecule has 1 N–H and O–H groups in total. The normalized spacial score (nSPS) is 24.6. The molecule has 1 aliphatic rings. The summed E-state index contributed by atoms with van der Waals surface area (Å²) < 4.78 is 0. The number of likely N-dealkylation sites (N-methyl/N-ethyl adjacent to an activating group) is 1. The second-order valence-corrected chi connectivity index (χ2v) is 5.22. The Morgan fingerprint density at radius 2 is 1.88 bits per heavy atom. The number of carbonyl (C=O) groups excluding carboxylic acids is 1. The Balaban J connectivity index is 2.20. The average molecular weight is 240 g/mol. The molecule has 1 amide bonds. The molecule has 2 unspecified atom stereocenters. The third-order valence-corrected chi connectivity index (χ3v) is 4.09. The maximum atomic E-state index is 11.8. The van der Waals surface area contributed by atoms with Gasteiger partial charge in [0.1, 0.15) is 0 Å². The number of hydrogen-bond donors (Lipinski definition) is 1. The van der Waals surface area contributed by atoms with Gasteiger partial charge in [-0.3, -0.25) is 4.79 Å². The third kappa shape index (κ3) is 4.66. The molecule has 100 valence electrons. The molecule has 0 aromatic rings. The minimum absolute atomic E-state index is 0.235. The molecule has 1 rings (SSSR count). The van der Waals surface area contributed by atoms with E-state index in [1.807, 2.05) is 18.7 Å². The summed E-state index contributed by atoms with van der Waals surface area (Å²) in [6.07, 6.45) is 5.43. The maximum Gasteiger partial charge on any atom is 0.236 e. The van der Waals surface area contributed by atoms with Crippen LogP contribution in [0.4, 0.5) is 0 Å². The summed E-state index contributed by atoms with van der Waals surface area (Å²) in [6.45, 7) is 9.56. The zero-order valence-corrected chi connectivity index (χ0v) is 11.7. The van der Waals surface area contributed by atoms with Crippen molar-refractivity contribution in [1.82, 2.24) is 10.2 Å². The van der Waals surface area contributed by atoms with Gasteiger partial charge in [-0.1, -0.05) is 26.2 Å². The Kier molecular flexibility index (Phi) is 6.56. The van der Waals surface area contributed by atoms with Crippen LogP contribution in [0.3, 0.4) is 0 Å². The minimum atomic E-state index is 0.235. The average Bonchev–Trinajstić information content (AvgIpc) is 2.33. The van der Waals surface area contributed by atoms with Gasteiger partial charge in [0.2, 0.25) is 5.91 Å². The monoisotopic (exact) mass is 240 g/mol. The molecule has 0 aromatic carbocycles. The number of carbonyl (C=O) groups is 1. The van der Waals surface area contributed by atoms with Crippen molar-refractivity contribution >= 4 is 5.91 Å². The van der Waals surface area contributed by atoms with E-state index in [-0.39, 0.29) is 5.91 Å². The smallest absolute Gasteiger partial charge is 0.236 e. The second-order valence-electron chi connectivity index (χ2n) is 5.22. The van der Waals surface area contributed by atoms with Gasteiger partial charge in [0, 0.05) is 13.1 Å². The lowest BCUT2D eigenvalue weighted by molar-refractivity contribution is -0.129. The first-order valence-corrected chi connectivity index (χ1v) is 7.17. The van der Waals surface area contributed by atoms with Crippen molar-refractivity contribution in [2.75, 3.05) is 26.2 Å². The predicted molar refractivity (Wildman–Crippen MR) is 71.9 cm³/mol. The van der Waals surface area contributed by atoms with Crippen molar-refractivity contribution in [3.8, 4) is 0 Å². The van der Waals surface area contributed by atoms with Crippen LogP contribution in [0.25, 0.3) is 0 Å². The number of rotatable bonds is 6. The van der Waals surface area contributed by atoms with Gasteiger partial charge in [0.25, 0.3) is 0 Å². The summed E-state index contributed by atoms with van der Waals surface area (Å²) in [5.41, 5.74) is 0. The van der Waals surface area contributed by atoms with E-state index in [0.29, 0.717) is 6.54 Å². The minimum Gasteiger partial charge on any atom is -0.342 e. The molecule has 0 saturated heterocycles. The van der Waals surface area contributed by atoms with Gasteiger partial charge in [-0.25, -0.2) is 0 Å². The first-order valence-electron chi connectivity index (χ1n) is 7.17. The molecule has 3 nitrogen and oxygen atoms in total. The van der Waals surface area contributed by atoms with Crippen molar-refractivity contribution in [2.24, 2.45) is 11.8 Å². The molecule has 0 spiro atoms. The highest BCUT2D eigenvalue weighted by Gasteiger charge is 2.21. The molecular weight excluding hydrogens is 212 g/mol. The first kappa shape index (κ1) is 14.5. The fourth-order valence-electron chi connectivity index (χ4n) is 2.75. The Labute approximate surface area is 106 Å². The summed E-state index contributed by atoms with van der Waals surface area (Å²) in [5.74, 6) is 1.83. The predicted octanol–water partition coefficient (Wildman–Crippen LogP) is 2.27. The highest BCUT2D eigenvalue weighted by Crippen LogP contribution is 2.28. The molecule has 1 fully saturated rings. The third-order valence-electron chi connectivity index (χ3n) is 4.09. The van der Waals surface area contributed by atoms with Crippen LogP contribution in [0.5, 0.6) is 0 Å². The zero-order valence-electron chi connectivity index (χ0n) is 11.7. The van der Waals surface area contributed by atoms with Gasteiger partial charge >= 0.3 is 0 Å². The van der Waals surface area contributed by atoms with Crippen LogP contribution in [-0.4, -0.2) is 37.0 Å². The van der Waals surface area contributed by atoms with Crippen molar-refractivity contribution in [1.29, 1.82) is 0 Å². The standard InChI is InChI=1S/C14H28N2O/c1-4-16(5-2)14(17)11-15-10-13-9-7-6-8-12(13)3/h12-13,15H,4-11H2,1-3H3. The van der Waals surface area contributed by atoms with E-state index in [1.165, 1.54) is 25.7 Å². The first-order chi connectivity index (χ1) is 8.19. The molecule has 0 aromatic heterocycles. The number of nitrogens with zero attached hydrogens (tertiary/aromatic N) is 1. The summed E-state index contributed by atoms with van der Waals surface area (Å²) in [5, 5.41) is 3.34. The van der Waals surface area contributed by atoms with E-state index >= 15 is 0 Å². The topological polar surface area (TPSA) is 32.3 Å². The number of nitrogens with one attached hydrogen (secondary N) is 1. The summed E-state index contributed by atoms with van der Waals surface area (Å²) >= 11 is 0. The van der Waals surface area contributed by atoms with Crippen molar-refractivity contribution < 1.29 is 4.79 Å². The van der Waals surface area contributed by atoms with Crippen LogP contribution in [0, 0.1) is 11.8 Å². The van der Waals surface area contributed by atoms with Crippen LogP contribution in [0.2, 0.25) is 0 Å². The number of amides is 1. The summed E-state index contributed by atoms with van der Waals surface area (Å²) in [7, 11) is 0. The molecule has 0 bridgehead atoms. The lowest BCUT2D eigenvalue weighted by Gasteiger charge is -2.29. The van der Waals surface area contributed by atoms with Gasteiger partial charge in [-0.15, -0.1) is 0 Å². The van der Waals surface area contributed by atoms with Crippen molar-refractivity contribution in [3.05, 3.63) is 0 Å². The fraction of sp³-hybridized carbons (Fsp3) is 0.929. The van der Waals surface area contributed by atoms with Crippen LogP contribution in [-0.2, 0) is 4.79 Å². The summed E-state index contributed by atoms with van der Waals surface area (Å²) in [6, 6.07) is 0. The van der Waals surface area contributed by atoms with Gasteiger partial charge in [0.05, 0.1) is 6.54 Å². The summed E-state index contributed by atoms with van der Waals surface area (Å²) in [4.78, 5) is 13.7. The van der Waals surface area contributed by atoms with Crippen LogP contribution in [0.15, 0.2) is 0 Å². The molecule has 3 heteroatoms. The van der Waals surface area contributed by atoms with E-state index < -0.39 is 0 Å². The van der Waals surface area contributed by atoms with E-state index in [1.54, 1.807) is 0 Å². The lowest BCUT2D eigenvalue weighted by atomic mass is 9.80. The largest absolute Gasteiger partial charge is 0.342 e. The van der Waals surface area contributed by atoms with E-state index in [4.69, 9.17) is 0 Å². The van der Waals surface area contributed by atoms with E-state index in [9.17, 15) is 4.79 Å². The Hall–Kier alpha value is -0.570. The maximum absolute atomic E-state index is 11.8. The molecule has 2 atom stereocenters. The van der Waals surface area contributed by atoms with Crippen molar-refractivity contribution in [3.63, 3.8) is 0 Å². The number of hydrogen-bond acceptors (Lipinski definition) is 2. The van der Waals surface area contributed by atoms with Crippen LogP contribution in [0.1, 0.15) is 46.5 Å². The van der Waals surface area contributed by atoms with E-state index in [0.717, 1.165) is 31.5 Å². The Morgan fingerprint density at radius 3 is 2.47 bits per heavy atom. The van der Waals surface area contributed by atoms with E-state index in [2.05, 4.69) is 12.2 Å².